The van der Waals surface area contributed by atoms with Crippen LogP contribution in [0.4, 0.5) is 8.78 Å². The quantitative estimate of drug-likeness (QED) is 0.713. The largest absolute Gasteiger partial charge is 0.353 e. The van der Waals surface area contributed by atoms with Gasteiger partial charge in [0.1, 0.15) is 0 Å². The number of rotatable bonds is 7. The maximum atomic E-state index is 13.4. The Balaban J connectivity index is 1.68. The van der Waals surface area contributed by atoms with Gasteiger partial charge in [-0.05, 0) is 49.6 Å². The number of hydrogen-bond donors (Lipinski definition) is 2. The Kier molecular flexibility index (Phi) is 7.22. The van der Waals surface area contributed by atoms with E-state index in [9.17, 15) is 13.6 Å². The fourth-order valence-electron chi connectivity index (χ4n) is 3.64. The van der Waals surface area contributed by atoms with Crippen LogP contribution in [-0.4, -0.2) is 35.5 Å². The zero-order valence-corrected chi connectivity index (χ0v) is 17.3. The number of nitrogens with one attached hydrogen (secondary N) is 2. The predicted molar refractivity (Wildman–Crippen MR) is 111 cm³/mol. The number of halogens is 3. The Morgan fingerprint density at radius 2 is 1.97 bits per heavy atom. The van der Waals surface area contributed by atoms with Crippen molar-refractivity contribution in [3.05, 3.63) is 70.2 Å². The van der Waals surface area contributed by atoms with Crippen molar-refractivity contribution in [2.24, 2.45) is 0 Å². The summed E-state index contributed by atoms with van der Waals surface area (Å²) in [6, 6.07) is 11.3. The van der Waals surface area contributed by atoms with Crippen molar-refractivity contribution in [2.75, 3.05) is 6.54 Å². The van der Waals surface area contributed by atoms with Crippen LogP contribution in [0.1, 0.15) is 31.4 Å². The summed E-state index contributed by atoms with van der Waals surface area (Å²) in [6.07, 6.45) is 0.632. The lowest BCUT2D eigenvalue weighted by Crippen LogP contribution is -2.45. The van der Waals surface area contributed by atoms with Gasteiger partial charge in [-0.25, -0.2) is 8.78 Å². The lowest BCUT2D eigenvalue weighted by molar-refractivity contribution is -0.126. The molecule has 2 atom stereocenters. The predicted octanol–water partition coefficient (Wildman–Crippen LogP) is 3.88. The molecule has 1 saturated heterocycles. The summed E-state index contributed by atoms with van der Waals surface area (Å²) >= 11 is 6.31. The first-order valence-corrected chi connectivity index (χ1v) is 10.2. The first-order valence-electron chi connectivity index (χ1n) is 9.78. The molecule has 1 aliphatic rings. The second kappa shape index (κ2) is 9.65. The summed E-state index contributed by atoms with van der Waals surface area (Å²) in [7, 11) is 0. The van der Waals surface area contributed by atoms with Gasteiger partial charge in [-0.3, -0.25) is 9.69 Å². The van der Waals surface area contributed by atoms with E-state index >= 15 is 0 Å². The van der Waals surface area contributed by atoms with E-state index in [2.05, 4.69) is 15.5 Å². The highest BCUT2D eigenvalue weighted by molar-refractivity contribution is 6.31. The fraction of sp³-hybridized carbons (Fsp3) is 0.409. The fourth-order valence-corrected chi connectivity index (χ4v) is 3.83. The second-order valence-electron chi connectivity index (χ2n) is 7.76. The van der Waals surface area contributed by atoms with E-state index < -0.39 is 11.6 Å². The normalized spacial score (nSPS) is 19.7. The third-order valence-electron chi connectivity index (χ3n) is 5.05. The zero-order chi connectivity index (χ0) is 21.0. The van der Waals surface area contributed by atoms with Gasteiger partial charge in [0.25, 0.3) is 0 Å². The average Bonchev–Trinajstić information content (AvgIpc) is 3.07. The van der Waals surface area contributed by atoms with Gasteiger partial charge >= 0.3 is 0 Å². The highest BCUT2D eigenvalue weighted by atomic mass is 35.5. The van der Waals surface area contributed by atoms with Crippen LogP contribution < -0.4 is 10.6 Å². The molecule has 7 heteroatoms. The molecule has 1 fully saturated rings. The van der Waals surface area contributed by atoms with Gasteiger partial charge < -0.3 is 10.6 Å². The van der Waals surface area contributed by atoms with Crippen molar-refractivity contribution in [2.45, 2.75) is 51.5 Å². The van der Waals surface area contributed by atoms with Gasteiger partial charge in [0.15, 0.2) is 11.6 Å². The van der Waals surface area contributed by atoms with Crippen molar-refractivity contribution in [3.8, 4) is 0 Å². The van der Waals surface area contributed by atoms with Crippen LogP contribution in [0.5, 0.6) is 0 Å². The highest BCUT2D eigenvalue weighted by Gasteiger charge is 2.36. The molecule has 1 aliphatic heterocycles. The Morgan fingerprint density at radius 1 is 1.21 bits per heavy atom. The molecule has 0 radical (unpaired) electrons. The molecule has 4 nitrogen and oxygen atoms in total. The van der Waals surface area contributed by atoms with Crippen molar-refractivity contribution in [1.82, 2.24) is 15.5 Å². The third-order valence-corrected chi connectivity index (χ3v) is 5.42. The summed E-state index contributed by atoms with van der Waals surface area (Å²) in [4.78, 5) is 14.9. The highest BCUT2D eigenvalue weighted by Crippen LogP contribution is 2.25. The Hall–Kier alpha value is -2.02. The van der Waals surface area contributed by atoms with Crippen LogP contribution in [0.3, 0.4) is 0 Å². The zero-order valence-electron chi connectivity index (χ0n) is 16.6. The minimum absolute atomic E-state index is 0.0100. The third kappa shape index (κ3) is 5.75. The summed E-state index contributed by atoms with van der Waals surface area (Å²) in [5.41, 5.74) is 1.63. The SMILES string of the molecule is CC(C)NC(=O)[C@@H]1C[C@@H](NCc2ccc(F)c(F)c2)CN1Cc1ccccc1Cl. The standard InChI is InChI=1S/C22H26ClF2N3O/c1-14(2)27-22(29)21-10-17(26-11-15-7-8-19(24)20(25)9-15)13-28(21)12-16-5-3-4-6-18(16)23/h3-9,14,17,21,26H,10-13H2,1-2H3,(H,27,29)/t17-,21+/m1/s1. The number of benzene rings is 2. The molecule has 2 aromatic carbocycles. The van der Waals surface area contributed by atoms with Crippen LogP contribution >= 0.6 is 11.6 Å². The molecule has 0 aliphatic carbocycles. The van der Waals surface area contributed by atoms with Gasteiger partial charge in [0, 0.05) is 36.7 Å². The number of nitrogens with zero attached hydrogens (tertiary/aromatic N) is 1. The van der Waals surface area contributed by atoms with Crippen molar-refractivity contribution in [3.63, 3.8) is 0 Å². The molecule has 0 spiro atoms. The first kappa shape index (κ1) is 21.7. The van der Waals surface area contributed by atoms with Crippen molar-refractivity contribution < 1.29 is 13.6 Å². The van der Waals surface area contributed by atoms with Gasteiger partial charge in [0.2, 0.25) is 5.91 Å². The number of likely N-dealkylation sites (tertiary alicyclic amines) is 1. The van der Waals surface area contributed by atoms with Crippen molar-refractivity contribution >= 4 is 17.5 Å². The summed E-state index contributed by atoms with van der Waals surface area (Å²) in [5, 5.41) is 7.03. The second-order valence-corrected chi connectivity index (χ2v) is 8.17. The minimum atomic E-state index is -0.856. The van der Waals surface area contributed by atoms with E-state index in [4.69, 9.17) is 11.6 Å². The lowest BCUT2D eigenvalue weighted by atomic mass is 10.1. The molecule has 0 unspecified atom stereocenters. The number of amides is 1. The average molecular weight is 422 g/mol. The van der Waals surface area contributed by atoms with Gasteiger partial charge in [-0.2, -0.15) is 0 Å². The summed E-state index contributed by atoms with van der Waals surface area (Å²) < 4.78 is 26.6. The van der Waals surface area contributed by atoms with Gasteiger partial charge in [-0.1, -0.05) is 35.9 Å². The van der Waals surface area contributed by atoms with E-state index in [-0.39, 0.29) is 24.0 Å². The van der Waals surface area contributed by atoms with Crippen LogP contribution in [0.25, 0.3) is 0 Å². The van der Waals surface area contributed by atoms with E-state index in [0.29, 0.717) is 36.6 Å². The number of carbonyl (C=O) groups is 1. The maximum absolute atomic E-state index is 13.4. The maximum Gasteiger partial charge on any atom is 0.237 e. The number of hydrogen-bond acceptors (Lipinski definition) is 3. The topological polar surface area (TPSA) is 44.4 Å². The molecule has 1 amide bonds. The molecule has 2 N–H and O–H groups in total. The van der Waals surface area contributed by atoms with Crippen LogP contribution in [0.15, 0.2) is 42.5 Å². The van der Waals surface area contributed by atoms with E-state index in [0.717, 1.165) is 11.6 Å². The molecule has 2 aromatic rings. The molecule has 0 aromatic heterocycles. The smallest absolute Gasteiger partial charge is 0.237 e. The van der Waals surface area contributed by atoms with Crippen LogP contribution in [0.2, 0.25) is 5.02 Å². The van der Waals surface area contributed by atoms with E-state index in [1.54, 1.807) is 6.07 Å². The molecule has 156 valence electrons. The van der Waals surface area contributed by atoms with Crippen molar-refractivity contribution in [1.29, 1.82) is 0 Å². The minimum Gasteiger partial charge on any atom is -0.353 e. The molecule has 29 heavy (non-hydrogen) atoms. The molecule has 1 heterocycles. The molecular weight excluding hydrogens is 396 g/mol. The monoisotopic (exact) mass is 421 g/mol. The van der Waals surface area contributed by atoms with Crippen LogP contribution in [-0.2, 0) is 17.9 Å². The Labute approximate surface area is 175 Å². The molecule has 0 bridgehead atoms. The summed E-state index contributed by atoms with van der Waals surface area (Å²) in [5.74, 6) is -1.72. The van der Waals surface area contributed by atoms with E-state index in [1.807, 2.05) is 38.1 Å². The number of carbonyl (C=O) groups excluding carboxylic acids is 1. The lowest BCUT2D eigenvalue weighted by Gasteiger charge is -2.24. The molecular formula is C22H26ClF2N3O. The van der Waals surface area contributed by atoms with Gasteiger partial charge in [0.05, 0.1) is 6.04 Å². The van der Waals surface area contributed by atoms with Crippen LogP contribution in [0, 0.1) is 11.6 Å². The van der Waals surface area contributed by atoms with Gasteiger partial charge in [-0.15, -0.1) is 0 Å². The van der Waals surface area contributed by atoms with E-state index in [1.165, 1.54) is 6.07 Å². The molecule has 3 rings (SSSR count). The first-order chi connectivity index (χ1) is 13.8. The molecule has 0 saturated carbocycles. The Morgan fingerprint density at radius 3 is 2.66 bits per heavy atom. The summed E-state index contributed by atoms with van der Waals surface area (Å²) in [6.45, 7) is 5.50. The Bertz CT molecular complexity index is 862.